The van der Waals surface area contributed by atoms with Crippen LogP contribution in [0, 0.1) is 0 Å². The van der Waals surface area contributed by atoms with Gasteiger partial charge in [0.1, 0.15) is 6.26 Å². The molecule has 1 aromatic carbocycles. The van der Waals surface area contributed by atoms with E-state index in [9.17, 15) is 4.79 Å². The van der Waals surface area contributed by atoms with Crippen molar-refractivity contribution in [2.45, 2.75) is 6.42 Å². The number of carbonyl (C=O) groups is 1. The lowest BCUT2D eigenvalue weighted by molar-refractivity contribution is -0.115. The maximum Gasteiger partial charge on any atom is 0.230 e. The second kappa shape index (κ2) is 5.21. The van der Waals surface area contributed by atoms with Crippen LogP contribution in [0.4, 0.5) is 5.69 Å². The SMILES string of the molecule is O=C(Cc1ccon1)Nc1cc(Cl)ccc1Cl. The third-order valence-electron chi connectivity index (χ3n) is 2.04. The highest BCUT2D eigenvalue weighted by atomic mass is 35.5. The van der Waals surface area contributed by atoms with E-state index in [1.165, 1.54) is 6.26 Å². The number of rotatable bonds is 3. The van der Waals surface area contributed by atoms with Crippen molar-refractivity contribution in [3.63, 3.8) is 0 Å². The minimum atomic E-state index is -0.233. The molecule has 4 nitrogen and oxygen atoms in total. The summed E-state index contributed by atoms with van der Waals surface area (Å²) in [6, 6.07) is 6.48. The number of nitrogens with one attached hydrogen (secondary N) is 1. The Morgan fingerprint density at radius 2 is 2.18 bits per heavy atom. The predicted molar refractivity (Wildman–Crippen MR) is 65.3 cm³/mol. The van der Waals surface area contributed by atoms with E-state index >= 15 is 0 Å². The standard InChI is InChI=1S/C11H8Cl2N2O2/c12-7-1-2-9(13)10(5-7)14-11(16)6-8-3-4-17-15-8/h1-5H,6H2,(H,14,16). The number of carbonyl (C=O) groups excluding carboxylic acids is 1. The van der Waals surface area contributed by atoms with Crippen LogP contribution in [0.1, 0.15) is 5.69 Å². The highest BCUT2D eigenvalue weighted by Crippen LogP contribution is 2.25. The Hall–Kier alpha value is -1.52. The predicted octanol–water partition coefficient (Wildman–Crippen LogP) is 3.16. The zero-order valence-corrected chi connectivity index (χ0v) is 10.1. The topological polar surface area (TPSA) is 55.1 Å². The lowest BCUT2D eigenvalue weighted by atomic mass is 10.2. The summed E-state index contributed by atoms with van der Waals surface area (Å²) < 4.78 is 4.63. The first-order valence-electron chi connectivity index (χ1n) is 4.79. The molecule has 0 bridgehead atoms. The first-order chi connectivity index (χ1) is 8.15. The van der Waals surface area contributed by atoms with Gasteiger partial charge < -0.3 is 9.84 Å². The molecule has 6 heteroatoms. The lowest BCUT2D eigenvalue weighted by Gasteiger charge is -2.06. The Bertz CT molecular complexity index is 526. The second-order valence-corrected chi connectivity index (χ2v) is 4.18. The van der Waals surface area contributed by atoms with Crippen LogP contribution in [-0.2, 0) is 11.2 Å². The maximum absolute atomic E-state index is 11.6. The van der Waals surface area contributed by atoms with Crippen LogP contribution in [0.15, 0.2) is 35.1 Å². The van der Waals surface area contributed by atoms with Gasteiger partial charge in [-0.15, -0.1) is 0 Å². The highest BCUT2D eigenvalue weighted by molar-refractivity contribution is 6.35. The number of amides is 1. The van der Waals surface area contributed by atoms with Gasteiger partial charge in [-0.05, 0) is 18.2 Å². The fraction of sp³-hybridized carbons (Fsp3) is 0.0909. The molecule has 0 atom stereocenters. The number of hydrogen-bond acceptors (Lipinski definition) is 3. The van der Waals surface area contributed by atoms with E-state index in [-0.39, 0.29) is 12.3 Å². The van der Waals surface area contributed by atoms with Crippen LogP contribution in [0.2, 0.25) is 10.0 Å². The van der Waals surface area contributed by atoms with Gasteiger partial charge in [0.05, 0.1) is 22.8 Å². The molecule has 1 amide bonds. The third kappa shape index (κ3) is 3.22. The summed E-state index contributed by atoms with van der Waals surface area (Å²) in [5.41, 5.74) is 1.04. The van der Waals surface area contributed by atoms with E-state index < -0.39 is 0 Å². The van der Waals surface area contributed by atoms with Crippen LogP contribution in [-0.4, -0.2) is 11.1 Å². The molecule has 0 saturated heterocycles. The minimum absolute atomic E-state index is 0.124. The minimum Gasteiger partial charge on any atom is -0.364 e. The van der Waals surface area contributed by atoms with Crippen molar-refractivity contribution in [1.82, 2.24) is 5.16 Å². The molecular formula is C11H8Cl2N2O2. The van der Waals surface area contributed by atoms with Crippen molar-refractivity contribution in [3.05, 3.63) is 46.3 Å². The van der Waals surface area contributed by atoms with E-state index in [1.807, 2.05) is 0 Å². The summed E-state index contributed by atoms with van der Waals surface area (Å²) in [6.45, 7) is 0. The van der Waals surface area contributed by atoms with Gasteiger partial charge in [-0.2, -0.15) is 0 Å². The molecule has 1 aromatic heterocycles. The molecule has 0 spiro atoms. The summed E-state index contributed by atoms with van der Waals surface area (Å²) in [5, 5.41) is 7.23. The number of halogens is 2. The molecule has 0 radical (unpaired) electrons. The number of hydrogen-bond donors (Lipinski definition) is 1. The first kappa shape index (κ1) is 12.0. The third-order valence-corrected chi connectivity index (χ3v) is 2.60. The van der Waals surface area contributed by atoms with E-state index in [2.05, 4.69) is 15.0 Å². The van der Waals surface area contributed by atoms with Gasteiger partial charge in [0.15, 0.2) is 0 Å². The number of benzene rings is 1. The molecule has 0 saturated carbocycles. The van der Waals surface area contributed by atoms with Gasteiger partial charge in [0, 0.05) is 11.1 Å². The number of nitrogens with zero attached hydrogens (tertiary/aromatic N) is 1. The molecule has 0 unspecified atom stereocenters. The molecule has 0 aliphatic rings. The Kier molecular flexibility index (Phi) is 3.66. The number of aromatic nitrogens is 1. The second-order valence-electron chi connectivity index (χ2n) is 3.34. The molecule has 0 aliphatic heterocycles. The molecule has 0 fully saturated rings. The van der Waals surface area contributed by atoms with Gasteiger partial charge in [-0.1, -0.05) is 28.4 Å². The van der Waals surface area contributed by atoms with Crippen LogP contribution < -0.4 is 5.32 Å². The van der Waals surface area contributed by atoms with E-state index in [1.54, 1.807) is 24.3 Å². The number of anilines is 1. The smallest absolute Gasteiger partial charge is 0.230 e. The maximum atomic E-state index is 11.6. The fourth-order valence-corrected chi connectivity index (χ4v) is 1.62. The molecule has 1 N–H and O–H groups in total. The monoisotopic (exact) mass is 270 g/mol. The van der Waals surface area contributed by atoms with Crippen molar-refractivity contribution >= 4 is 34.8 Å². The average Bonchev–Trinajstić information content (AvgIpc) is 2.76. The fourth-order valence-electron chi connectivity index (χ4n) is 1.28. The molecule has 2 aromatic rings. The van der Waals surface area contributed by atoms with Gasteiger partial charge in [-0.25, -0.2) is 0 Å². The molecular weight excluding hydrogens is 263 g/mol. The van der Waals surface area contributed by atoms with Crippen molar-refractivity contribution in [3.8, 4) is 0 Å². The molecule has 1 heterocycles. The molecule has 17 heavy (non-hydrogen) atoms. The Morgan fingerprint density at radius 1 is 1.35 bits per heavy atom. The summed E-state index contributed by atoms with van der Waals surface area (Å²) >= 11 is 11.7. The molecule has 88 valence electrons. The van der Waals surface area contributed by atoms with Crippen molar-refractivity contribution < 1.29 is 9.32 Å². The van der Waals surface area contributed by atoms with Crippen molar-refractivity contribution in [2.24, 2.45) is 0 Å². The Morgan fingerprint density at radius 3 is 2.88 bits per heavy atom. The summed E-state index contributed by atoms with van der Waals surface area (Å²) in [5.74, 6) is -0.233. The van der Waals surface area contributed by atoms with Crippen LogP contribution in [0.3, 0.4) is 0 Å². The normalized spacial score (nSPS) is 10.2. The highest BCUT2D eigenvalue weighted by Gasteiger charge is 2.09. The van der Waals surface area contributed by atoms with Crippen LogP contribution >= 0.6 is 23.2 Å². The van der Waals surface area contributed by atoms with Gasteiger partial charge in [0.2, 0.25) is 5.91 Å². The zero-order chi connectivity index (χ0) is 12.3. The van der Waals surface area contributed by atoms with Crippen molar-refractivity contribution in [1.29, 1.82) is 0 Å². The van der Waals surface area contributed by atoms with Crippen LogP contribution in [0.5, 0.6) is 0 Å². The van der Waals surface area contributed by atoms with E-state index in [4.69, 9.17) is 23.2 Å². The summed E-state index contributed by atoms with van der Waals surface area (Å²) in [4.78, 5) is 11.6. The first-order valence-corrected chi connectivity index (χ1v) is 5.55. The molecule has 0 aliphatic carbocycles. The van der Waals surface area contributed by atoms with Gasteiger partial charge in [0.25, 0.3) is 0 Å². The van der Waals surface area contributed by atoms with Gasteiger partial charge >= 0.3 is 0 Å². The van der Waals surface area contributed by atoms with E-state index in [0.717, 1.165) is 0 Å². The van der Waals surface area contributed by atoms with Crippen LogP contribution in [0.25, 0.3) is 0 Å². The van der Waals surface area contributed by atoms with Gasteiger partial charge in [-0.3, -0.25) is 4.79 Å². The quantitative estimate of drug-likeness (QED) is 0.932. The lowest BCUT2D eigenvalue weighted by Crippen LogP contribution is -2.14. The molecule has 2 rings (SSSR count). The summed E-state index contributed by atoms with van der Waals surface area (Å²) in [7, 11) is 0. The largest absolute Gasteiger partial charge is 0.364 e. The Labute approximate surface area is 108 Å². The summed E-state index contributed by atoms with van der Waals surface area (Å²) in [6.07, 6.45) is 1.54. The van der Waals surface area contributed by atoms with Crippen molar-refractivity contribution in [2.75, 3.05) is 5.32 Å². The average molecular weight is 271 g/mol. The van der Waals surface area contributed by atoms with E-state index in [0.29, 0.717) is 21.4 Å². The zero-order valence-electron chi connectivity index (χ0n) is 8.61. The Balaban J connectivity index is 2.05.